The lowest BCUT2D eigenvalue weighted by molar-refractivity contribution is 0.0773. The molecule has 1 aliphatic heterocycles. The van der Waals surface area contributed by atoms with E-state index in [1.54, 1.807) is 18.9 Å². The smallest absolute Gasteiger partial charge is 0.261 e. The molecule has 1 atom stereocenters. The molecule has 1 amide bonds. The molecule has 19 heavy (non-hydrogen) atoms. The first-order chi connectivity index (χ1) is 9.02. The predicted octanol–water partition coefficient (Wildman–Crippen LogP) is 1.10. The van der Waals surface area contributed by atoms with Gasteiger partial charge in [0.15, 0.2) is 0 Å². The van der Waals surface area contributed by atoms with E-state index < -0.39 is 0 Å². The number of nitrogens with one attached hydrogen (secondary N) is 1. The fourth-order valence-corrected chi connectivity index (χ4v) is 2.67. The minimum Gasteiger partial charge on any atom is -0.384 e. The SMILES string of the molecule is COC[C@@H]1CCN(C(=O)c2c(C)cc(C)[nH]c2=O)C1. The van der Waals surface area contributed by atoms with Gasteiger partial charge >= 0.3 is 0 Å². The number of carbonyl (C=O) groups excluding carboxylic acids is 1. The van der Waals surface area contributed by atoms with Crippen LogP contribution in [-0.4, -0.2) is 42.6 Å². The lowest BCUT2D eigenvalue weighted by Crippen LogP contribution is -2.34. The topological polar surface area (TPSA) is 62.4 Å². The maximum atomic E-state index is 12.4. The molecule has 1 saturated heterocycles. The molecule has 0 aromatic carbocycles. The largest absolute Gasteiger partial charge is 0.384 e. The third kappa shape index (κ3) is 2.87. The highest BCUT2D eigenvalue weighted by atomic mass is 16.5. The minimum atomic E-state index is -0.294. The van der Waals surface area contributed by atoms with Crippen molar-refractivity contribution in [3.63, 3.8) is 0 Å². The quantitative estimate of drug-likeness (QED) is 0.889. The molecule has 104 valence electrons. The first-order valence-electron chi connectivity index (χ1n) is 6.51. The Hall–Kier alpha value is -1.62. The number of amides is 1. The van der Waals surface area contributed by atoms with Crippen LogP contribution in [0, 0.1) is 19.8 Å². The van der Waals surface area contributed by atoms with E-state index in [1.165, 1.54) is 0 Å². The van der Waals surface area contributed by atoms with Crippen molar-refractivity contribution in [3.8, 4) is 0 Å². The molecular formula is C14H20N2O3. The van der Waals surface area contributed by atoms with E-state index in [-0.39, 0.29) is 17.0 Å². The number of nitrogens with zero attached hydrogens (tertiary/aromatic N) is 1. The summed E-state index contributed by atoms with van der Waals surface area (Å²) in [6.45, 7) is 5.64. The lowest BCUT2D eigenvalue weighted by atomic mass is 10.1. The molecule has 1 fully saturated rings. The Morgan fingerprint density at radius 1 is 1.53 bits per heavy atom. The van der Waals surface area contributed by atoms with Gasteiger partial charge in [-0.2, -0.15) is 0 Å². The number of rotatable bonds is 3. The summed E-state index contributed by atoms with van der Waals surface area (Å²) in [6, 6.07) is 1.83. The number of H-pyrrole nitrogens is 1. The average Bonchev–Trinajstić information content (AvgIpc) is 2.76. The molecule has 0 aliphatic carbocycles. The van der Waals surface area contributed by atoms with Crippen LogP contribution in [0.15, 0.2) is 10.9 Å². The Kier molecular flexibility index (Phi) is 4.04. The molecule has 5 nitrogen and oxygen atoms in total. The monoisotopic (exact) mass is 264 g/mol. The van der Waals surface area contributed by atoms with Crippen molar-refractivity contribution >= 4 is 5.91 Å². The van der Waals surface area contributed by atoms with Gasteiger partial charge in [0.05, 0.1) is 6.61 Å². The van der Waals surface area contributed by atoms with Crippen molar-refractivity contribution in [2.24, 2.45) is 5.92 Å². The molecule has 0 saturated carbocycles. The number of carbonyl (C=O) groups is 1. The third-order valence-electron chi connectivity index (χ3n) is 3.55. The number of hydrogen-bond donors (Lipinski definition) is 1. The van der Waals surface area contributed by atoms with Crippen molar-refractivity contribution in [2.45, 2.75) is 20.3 Å². The van der Waals surface area contributed by atoms with E-state index in [4.69, 9.17) is 4.74 Å². The van der Waals surface area contributed by atoms with Gasteiger partial charge < -0.3 is 14.6 Å². The highest BCUT2D eigenvalue weighted by Gasteiger charge is 2.29. The van der Waals surface area contributed by atoms with Gasteiger partial charge in [-0.3, -0.25) is 9.59 Å². The van der Waals surface area contributed by atoms with Crippen LogP contribution >= 0.6 is 0 Å². The van der Waals surface area contributed by atoms with Gasteiger partial charge in [0.2, 0.25) is 0 Å². The molecule has 1 aliphatic rings. The molecule has 0 unspecified atom stereocenters. The summed E-state index contributed by atoms with van der Waals surface area (Å²) in [6.07, 6.45) is 0.933. The molecule has 1 aromatic rings. The molecule has 2 rings (SSSR count). The van der Waals surface area contributed by atoms with Crippen LogP contribution < -0.4 is 5.56 Å². The van der Waals surface area contributed by atoms with Crippen molar-refractivity contribution < 1.29 is 9.53 Å². The summed E-state index contributed by atoms with van der Waals surface area (Å²) in [7, 11) is 1.67. The maximum Gasteiger partial charge on any atom is 0.261 e. The molecule has 0 radical (unpaired) electrons. The third-order valence-corrected chi connectivity index (χ3v) is 3.55. The predicted molar refractivity (Wildman–Crippen MR) is 72.4 cm³/mol. The molecule has 0 bridgehead atoms. The number of aromatic nitrogens is 1. The van der Waals surface area contributed by atoms with E-state index in [0.717, 1.165) is 17.7 Å². The van der Waals surface area contributed by atoms with E-state index in [1.807, 2.05) is 13.0 Å². The van der Waals surface area contributed by atoms with Crippen LogP contribution in [0.5, 0.6) is 0 Å². The Morgan fingerprint density at radius 3 is 2.89 bits per heavy atom. The van der Waals surface area contributed by atoms with Crippen molar-refractivity contribution in [3.05, 3.63) is 33.2 Å². The standard InChI is InChI=1S/C14H20N2O3/c1-9-6-10(2)15-13(17)12(9)14(18)16-5-4-11(7-16)8-19-3/h6,11H,4-5,7-8H2,1-3H3,(H,15,17)/t11-/m1/s1. The number of aryl methyl sites for hydroxylation is 2. The van der Waals surface area contributed by atoms with Gasteiger partial charge in [0.25, 0.3) is 11.5 Å². The number of pyridine rings is 1. The second-order valence-corrected chi connectivity index (χ2v) is 5.20. The maximum absolute atomic E-state index is 12.4. The fourth-order valence-electron chi connectivity index (χ4n) is 2.67. The normalized spacial score (nSPS) is 18.9. The second-order valence-electron chi connectivity index (χ2n) is 5.20. The van der Waals surface area contributed by atoms with Gasteiger partial charge in [-0.1, -0.05) is 0 Å². The van der Waals surface area contributed by atoms with Gasteiger partial charge in [0.1, 0.15) is 5.56 Å². The van der Waals surface area contributed by atoms with Crippen molar-refractivity contribution in [1.82, 2.24) is 9.88 Å². The van der Waals surface area contributed by atoms with E-state index in [9.17, 15) is 9.59 Å². The van der Waals surface area contributed by atoms with Gasteiger partial charge in [-0.15, -0.1) is 0 Å². The van der Waals surface area contributed by atoms with Gasteiger partial charge in [-0.05, 0) is 31.9 Å². The highest BCUT2D eigenvalue weighted by Crippen LogP contribution is 2.19. The van der Waals surface area contributed by atoms with Crippen LogP contribution in [0.2, 0.25) is 0 Å². The van der Waals surface area contributed by atoms with Crippen LogP contribution in [0.4, 0.5) is 0 Å². The van der Waals surface area contributed by atoms with Gasteiger partial charge in [-0.25, -0.2) is 0 Å². The van der Waals surface area contributed by atoms with Crippen molar-refractivity contribution in [2.75, 3.05) is 26.8 Å². The van der Waals surface area contributed by atoms with Crippen LogP contribution in [0.3, 0.4) is 0 Å². The van der Waals surface area contributed by atoms with E-state index >= 15 is 0 Å². The average molecular weight is 264 g/mol. The summed E-state index contributed by atoms with van der Waals surface area (Å²) in [5.41, 5.74) is 1.49. The fraction of sp³-hybridized carbons (Fsp3) is 0.571. The molecule has 0 spiro atoms. The van der Waals surface area contributed by atoms with E-state index in [0.29, 0.717) is 25.6 Å². The second kappa shape index (κ2) is 5.57. The Morgan fingerprint density at radius 2 is 2.26 bits per heavy atom. The Labute approximate surface area is 112 Å². The first kappa shape index (κ1) is 13.8. The number of hydrogen-bond acceptors (Lipinski definition) is 3. The zero-order valence-electron chi connectivity index (χ0n) is 11.7. The van der Waals surface area contributed by atoms with Crippen LogP contribution in [0.1, 0.15) is 28.0 Å². The molecule has 1 N–H and O–H groups in total. The van der Waals surface area contributed by atoms with Gasteiger partial charge in [0, 0.05) is 31.8 Å². The number of aromatic amines is 1. The molecule has 2 heterocycles. The van der Waals surface area contributed by atoms with Crippen molar-refractivity contribution in [1.29, 1.82) is 0 Å². The zero-order valence-corrected chi connectivity index (χ0v) is 11.7. The molecule has 5 heteroatoms. The number of ether oxygens (including phenoxy) is 1. The first-order valence-corrected chi connectivity index (χ1v) is 6.51. The Bertz CT molecular complexity index is 536. The summed E-state index contributed by atoms with van der Waals surface area (Å²) in [5.74, 6) is 0.205. The highest BCUT2D eigenvalue weighted by molar-refractivity contribution is 5.95. The summed E-state index contributed by atoms with van der Waals surface area (Å²) < 4.78 is 5.12. The van der Waals surface area contributed by atoms with Crippen LogP contribution in [0.25, 0.3) is 0 Å². The number of methoxy groups -OCH3 is 1. The minimum absolute atomic E-state index is 0.169. The zero-order chi connectivity index (χ0) is 14.0. The summed E-state index contributed by atoms with van der Waals surface area (Å²) in [5, 5.41) is 0. The Balaban J connectivity index is 2.20. The lowest BCUT2D eigenvalue weighted by Gasteiger charge is -2.17. The number of likely N-dealkylation sites (tertiary alicyclic amines) is 1. The summed E-state index contributed by atoms with van der Waals surface area (Å²) >= 11 is 0. The molecular weight excluding hydrogens is 244 g/mol. The summed E-state index contributed by atoms with van der Waals surface area (Å²) in [4.78, 5) is 28.8. The van der Waals surface area contributed by atoms with E-state index in [2.05, 4.69) is 4.98 Å². The van der Waals surface area contributed by atoms with Crippen LogP contribution in [-0.2, 0) is 4.74 Å². The molecule has 1 aromatic heterocycles.